The van der Waals surface area contributed by atoms with Gasteiger partial charge >= 0.3 is 0 Å². The molecule has 0 fully saturated rings. The Morgan fingerprint density at radius 1 is 1.29 bits per heavy atom. The molecule has 0 saturated carbocycles. The van der Waals surface area contributed by atoms with E-state index >= 15 is 0 Å². The Kier molecular flexibility index (Phi) is 5.35. The van der Waals surface area contributed by atoms with Crippen molar-refractivity contribution < 1.29 is 9.53 Å². The summed E-state index contributed by atoms with van der Waals surface area (Å²) in [6.07, 6.45) is 1.81. The van der Waals surface area contributed by atoms with Gasteiger partial charge in [-0.05, 0) is 35.4 Å². The lowest BCUT2D eigenvalue weighted by molar-refractivity contribution is -0.120. The molecular formula is C16H15ClN2O2. The number of halogens is 1. The maximum Gasteiger partial charge on any atom is 0.244 e. The molecule has 0 aliphatic rings. The molecule has 5 heteroatoms. The van der Waals surface area contributed by atoms with Gasteiger partial charge in [0.2, 0.25) is 5.91 Å². The zero-order valence-electron chi connectivity index (χ0n) is 11.5. The van der Waals surface area contributed by atoms with E-state index in [0.717, 1.165) is 16.9 Å². The smallest absolute Gasteiger partial charge is 0.244 e. The van der Waals surface area contributed by atoms with E-state index in [2.05, 4.69) is 10.5 Å². The van der Waals surface area contributed by atoms with Gasteiger partial charge in [0.1, 0.15) is 5.75 Å². The van der Waals surface area contributed by atoms with Crippen molar-refractivity contribution in [1.82, 2.24) is 5.43 Å². The van der Waals surface area contributed by atoms with E-state index in [9.17, 15) is 4.79 Å². The number of hydrazone groups is 1. The summed E-state index contributed by atoms with van der Waals surface area (Å²) in [7, 11) is 1.60. The Hall–Kier alpha value is -2.33. The zero-order chi connectivity index (χ0) is 15.1. The molecule has 0 unspecified atom stereocenters. The van der Waals surface area contributed by atoms with Crippen LogP contribution in [0.2, 0.25) is 5.02 Å². The SMILES string of the molecule is COc1ccc(CC(=O)N/N=C\c2cccc(Cl)c2)cc1. The second-order valence-corrected chi connectivity index (χ2v) is 4.81. The monoisotopic (exact) mass is 302 g/mol. The number of ether oxygens (including phenoxy) is 1. The molecule has 0 aliphatic heterocycles. The van der Waals surface area contributed by atoms with E-state index < -0.39 is 0 Å². The highest BCUT2D eigenvalue weighted by atomic mass is 35.5. The van der Waals surface area contributed by atoms with Crippen LogP contribution in [0.15, 0.2) is 53.6 Å². The number of nitrogens with zero attached hydrogens (tertiary/aromatic N) is 1. The molecule has 2 rings (SSSR count). The van der Waals surface area contributed by atoms with Crippen LogP contribution in [-0.4, -0.2) is 19.2 Å². The van der Waals surface area contributed by atoms with Crippen LogP contribution in [0.25, 0.3) is 0 Å². The third-order valence-corrected chi connectivity index (χ3v) is 3.01. The third kappa shape index (κ3) is 4.93. The van der Waals surface area contributed by atoms with Gasteiger partial charge in [-0.2, -0.15) is 5.10 Å². The number of benzene rings is 2. The van der Waals surface area contributed by atoms with Gasteiger partial charge in [-0.25, -0.2) is 5.43 Å². The van der Waals surface area contributed by atoms with Crippen molar-refractivity contribution >= 4 is 23.7 Å². The minimum atomic E-state index is -0.182. The van der Waals surface area contributed by atoms with Crippen molar-refractivity contribution in [2.45, 2.75) is 6.42 Å². The number of hydrogen-bond acceptors (Lipinski definition) is 3. The van der Waals surface area contributed by atoms with Crippen molar-refractivity contribution in [2.75, 3.05) is 7.11 Å². The normalized spacial score (nSPS) is 10.6. The number of nitrogens with one attached hydrogen (secondary N) is 1. The number of amides is 1. The summed E-state index contributed by atoms with van der Waals surface area (Å²) >= 11 is 5.86. The lowest BCUT2D eigenvalue weighted by Crippen LogP contribution is -2.19. The molecule has 0 saturated heterocycles. The molecule has 2 aromatic rings. The van der Waals surface area contributed by atoms with Gasteiger partial charge in [0.15, 0.2) is 0 Å². The fourth-order valence-electron chi connectivity index (χ4n) is 1.73. The largest absolute Gasteiger partial charge is 0.497 e. The molecule has 0 aliphatic carbocycles. The first-order chi connectivity index (χ1) is 10.2. The second kappa shape index (κ2) is 7.45. The van der Waals surface area contributed by atoms with E-state index in [1.54, 1.807) is 25.5 Å². The highest BCUT2D eigenvalue weighted by Gasteiger charge is 2.02. The molecule has 1 N–H and O–H groups in total. The van der Waals surface area contributed by atoms with Crippen molar-refractivity contribution in [1.29, 1.82) is 0 Å². The van der Waals surface area contributed by atoms with Crippen LogP contribution < -0.4 is 10.2 Å². The van der Waals surface area contributed by atoms with Crippen molar-refractivity contribution in [3.8, 4) is 5.75 Å². The first-order valence-electron chi connectivity index (χ1n) is 6.38. The predicted octanol–water partition coefficient (Wildman–Crippen LogP) is 3.04. The number of hydrogen-bond donors (Lipinski definition) is 1. The van der Waals surface area contributed by atoms with Crippen LogP contribution in [-0.2, 0) is 11.2 Å². The van der Waals surface area contributed by atoms with Crippen LogP contribution >= 0.6 is 11.6 Å². The third-order valence-electron chi connectivity index (χ3n) is 2.78. The summed E-state index contributed by atoms with van der Waals surface area (Å²) in [4.78, 5) is 11.7. The number of methoxy groups -OCH3 is 1. The summed E-state index contributed by atoms with van der Waals surface area (Å²) < 4.78 is 5.06. The quantitative estimate of drug-likeness (QED) is 0.682. The lowest BCUT2D eigenvalue weighted by Gasteiger charge is -2.02. The van der Waals surface area contributed by atoms with Crippen molar-refractivity contribution in [3.05, 3.63) is 64.7 Å². The van der Waals surface area contributed by atoms with Crippen molar-refractivity contribution in [3.63, 3.8) is 0 Å². The van der Waals surface area contributed by atoms with Crippen LogP contribution in [0.5, 0.6) is 5.75 Å². The van der Waals surface area contributed by atoms with Crippen LogP contribution in [0.1, 0.15) is 11.1 Å². The van der Waals surface area contributed by atoms with Gasteiger partial charge in [0.05, 0.1) is 19.7 Å². The first-order valence-corrected chi connectivity index (χ1v) is 6.75. The topological polar surface area (TPSA) is 50.7 Å². The van der Waals surface area contributed by atoms with Crippen LogP contribution in [0.4, 0.5) is 0 Å². The standard InChI is InChI=1S/C16H15ClN2O2/c1-21-15-7-5-12(6-8-15)10-16(20)19-18-11-13-3-2-4-14(17)9-13/h2-9,11H,10H2,1H3,(H,19,20)/b18-11-. The summed E-state index contributed by atoms with van der Waals surface area (Å²) in [5.41, 5.74) is 4.20. The van der Waals surface area contributed by atoms with Crippen LogP contribution in [0, 0.1) is 0 Å². The number of carbonyl (C=O) groups is 1. The Bertz CT molecular complexity index is 639. The Morgan fingerprint density at radius 2 is 2.05 bits per heavy atom. The van der Waals surface area contributed by atoms with Gasteiger partial charge in [0.25, 0.3) is 0 Å². The first kappa shape index (κ1) is 15.1. The van der Waals surface area contributed by atoms with Crippen molar-refractivity contribution in [2.24, 2.45) is 5.10 Å². The average molecular weight is 303 g/mol. The Morgan fingerprint density at radius 3 is 2.71 bits per heavy atom. The molecule has 0 atom stereocenters. The molecule has 21 heavy (non-hydrogen) atoms. The van der Waals surface area contributed by atoms with E-state index in [1.165, 1.54) is 0 Å². The molecule has 0 aromatic heterocycles. The van der Waals surface area contributed by atoms with E-state index in [4.69, 9.17) is 16.3 Å². The molecule has 4 nitrogen and oxygen atoms in total. The molecular weight excluding hydrogens is 288 g/mol. The average Bonchev–Trinajstić information content (AvgIpc) is 2.48. The maximum atomic E-state index is 11.7. The van der Waals surface area contributed by atoms with E-state index in [-0.39, 0.29) is 12.3 Å². The second-order valence-electron chi connectivity index (χ2n) is 4.37. The van der Waals surface area contributed by atoms with Gasteiger partial charge in [-0.3, -0.25) is 4.79 Å². The predicted molar refractivity (Wildman–Crippen MR) is 83.9 cm³/mol. The zero-order valence-corrected chi connectivity index (χ0v) is 12.3. The molecule has 108 valence electrons. The summed E-state index contributed by atoms with van der Waals surface area (Å²) in [5.74, 6) is 0.580. The summed E-state index contributed by atoms with van der Waals surface area (Å²) in [6.45, 7) is 0. The van der Waals surface area contributed by atoms with Gasteiger partial charge in [0, 0.05) is 5.02 Å². The van der Waals surface area contributed by atoms with Gasteiger partial charge in [-0.15, -0.1) is 0 Å². The molecule has 0 heterocycles. The minimum Gasteiger partial charge on any atom is -0.497 e. The highest BCUT2D eigenvalue weighted by Crippen LogP contribution is 2.11. The molecule has 0 spiro atoms. The molecule has 2 aromatic carbocycles. The lowest BCUT2D eigenvalue weighted by atomic mass is 10.1. The Balaban J connectivity index is 1.86. The molecule has 0 bridgehead atoms. The molecule has 0 radical (unpaired) electrons. The maximum absolute atomic E-state index is 11.7. The number of rotatable bonds is 5. The van der Waals surface area contributed by atoms with Gasteiger partial charge < -0.3 is 4.74 Å². The fraction of sp³-hybridized carbons (Fsp3) is 0.125. The summed E-state index contributed by atoms with van der Waals surface area (Å²) in [6, 6.07) is 14.5. The highest BCUT2D eigenvalue weighted by molar-refractivity contribution is 6.30. The molecule has 1 amide bonds. The van der Waals surface area contributed by atoms with E-state index in [1.807, 2.05) is 36.4 Å². The Labute approximate surface area is 128 Å². The summed E-state index contributed by atoms with van der Waals surface area (Å²) in [5, 5.41) is 4.53. The fourth-order valence-corrected chi connectivity index (χ4v) is 1.93. The van der Waals surface area contributed by atoms with Gasteiger partial charge in [-0.1, -0.05) is 35.9 Å². The minimum absolute atomic E-state index is 0.182. The number of carbonyl (C=O) groups excluding carboxylic acids is 1. The van der Waals surface area contributed by atoms with E-state index in [0.29, 0.717) is 5.02 Å². The van der Waals surface area contributed by atoms with Crippen LogP contribution in [0.3, 0.4) is 0 Å².